The summed E-state index contributed by atoms with van der Waals surface area (Å²) >= 11 is 0. The molecule has 2 aromatic heterocycles. The van der Waals surface area contributed by atoms with E-state index in [9.17, 15) is 9.59 Å². The van der Waals surface area contributed by atoms with E-state index in [1.807, 2.05) is 25.1 Å². The van der Waals surface area contributed by atoms with E-state index < -0.39 is 5.91 Å². The molecule has 1 fully saturated rings. The molecule has 3 heterocycles. The number of hydrogen-bond acceptors (Lipinski definition) is 5. The molecule has 1 aliphatic rings. The molecule has 6 nitrogen and oxygen atoms in total. The average Bonchev–Trinajstić information content (AvgIpc) is 3.08. The number of carbonyl (C=O) groups is 1. The van der Waals surface area contributed by atoms with E-state index in [1.165, 1.54) is 6.07 Å². The lowest BCUT2D eigenvalue weighted by atomic mass is 9.95. The first-order valence-electron chi connectivity index (χ1n) is 8.92. The highest BCUT2D eigenvalue weighted by Gasteiger charge is 2.30. The van der Waals surface area contributed by atoms with Crippen molar-refractivity contribution in [2.75, 3.05) is 13.2 Å². The standard InChI is InChI=1S/C21H20N2O4/c1-13-2-3-16-18(24)10-20(27-19(16)8-13)21(25)23-17-12-26-11-15(17)9-14-4-6-22-7-5-14/h2-8,10,15,17H,9,11-12H2,1H3,(H,23,25)/t15-,17+/m1/s1. The zero-order chi connectivity index (χ0) is 18.8. The molecule has 1 amide bonds. The zero-order valence-electron chi connectivity index (χ0n) is 15.0. The first kappa shape index (κ1) is 17.4. The summed E-state index contributed by atoms with van der Waals surface area (Å²) in [6.45, 7) is 2.93. The lowest BCUT2D eigenvalue weighted by Crippen LogP contribution is -2.40. The van der Waals surface area contributed by atoms with Gasteiger partial charge in [-0.25, -0.2) is 0 Å². The molecule has 0 aliphatic carbocycles. The Balaban J connectivity index is 1.53. The summed E-state index contributed by atoms with van der Waals surface area (Å²) in [5, 5.41) is 3.43. The number of aromatic nitrogens is 1. The van der Waals surface area contributed by atoms with Crippen LogP contribution in [0.15, 0.2) is 58.0 Å². The number of amides is 1. The molecule has 27 heavy (non-hydrogen) atoms. The highest BCUT2D eigenvalue weighted by molar-refractivity contribution is 5.93. The minimum atomic E-state index is -0.397. The van der Waals surface area contributed by atoms with Crippen molar-refractivity contribution >= 4 is 16.9 Å². The van der Waals surface area contributed by atoms with Crippen LogP contribution in [0.1, 0.15) is 21.7 Å². The van der Waals surface area contributed by atoms with E-state index in [4.69, 9.17) is 9.15 Å². The molecular weight excluding hydrogens is 344 g/mol. The Morgan fingerprint density at radius 1 is 1.19 bits per heavy atom. The fourth-order valence-electron chi connectivity index (χ4n) is 3.39. The third-order valence-corrected chi connectivity index (χ3v) is 4.87. The molecule has 1 saturated heterocycles. The van der Waals surface area contributed by atoms with Gasteiger partial charge in [0.05, 0.1) is 24.6 Å². The van der Waals surface area contributed by atoms with Crippen molar-refractivity contribution in [3.63, 3.8) is 0 Å². The summed E-state index contributed by atoms with van der Waals surface area (Å²) in [4.78, 5) is 29.0. The molecule has 1 aliphatic heterocycles. The van der Waals surface area contributed by atoms with Crippen LogP contribution in [-0.4, -0.2) is 30.1 Å². The largest absolute Gasteiger partial charge is 0.451 e. The van der Waals surface area contributed by atoms with Crippen LogP contribution < -0.4 is 10.7 Å². The van der Waals surface area contributed by atoms with Gasteiger partial charge in [0.2, 0.25) is 0 Å². The van der Waals surface area contributed by atoms with Gasteiger partial charge in [-0.2, -0.15) is 0 Å². The van der Waals surface area contributed by atoms with Gasteiger partial charge in [0.25, 0.3) is 5.91 Å². The average molecular weight is 364 g/mol. The van der Waals surface area contributed by atoms with E-state index >= 15 is 0 Å². The van der Waals surface area contributed by atoms with Gasteiger partial charge in [0, 0.05) is 24.4 Å². The molecule has 0 bridgehead atoms. The molecular formula is C21H20N2O4. The number of nitrogens with one attached hydrogen (secondary N) is 1. The Bertz CT molecular complexity index is 1030. The van der Waals surface area contributed by atoms with Crippen molar-refractivity contribution in [1.82, 2.24) is 10.3 Å². The summed E-state index contributed by atoms with van der Waals surface area (Å²) in [6.07, 6.45) is 4.29. The first-order chi connectivity index (χ1) is 13.1. The van der Waals surface area contributed by atoms with Crippen molar-refractivity contribution in [3.8, 4) is 0 Å². The van der Waals surface area contributed by atoms with E-state index in [2.05, 4.69) is 10.3 Å². The van der Waals surface area contributed by atoms with Crippen molar-refractivity contribution in [2.24, 2.45) is 5.92 Å². The lowest BCUT2D eigenvalue weighted by Gasteiger charge is -2.18. The lowest BCUT2D eigenvalue weighted by molar-refractivity contribution is 0.0897. The number of nitrogens with zero attached hydrogens (tertiary/aromatic N) is 1. The van der Waals surface area contributed by atoms with Gasteiger partial charge < -0.3 is 14.5 Å². The van der Waals surface area contributed by atoms with E-state index in [0.717, 1.165) is 17.5 Å². The number of benzene rings is 1. The number of hydrogen-bond donors (Lipinski definition) is 1. The summed E-state index contributed by atoms with van der Waals surface area (Å²) in [5.41, 5.74) is 2.30. The molecule has 138 valence electrons. The normalized spacial score (nSPS) is 19.3. The van der Waals surface area contributed by atoms with Crippen molar-refractivity contribution < 1.29 is 13.9 Å². The Hall–Kier alpha value is -2.99. The predicted molar refractivity (Wildman–Crippen MR) is 101 cm³/mol. The maximum Gasteiger partial charge on any atom is 0.287 e. The fourth-order valence-corrected chi connectivity index (χ4v) is 3.39. The van der Waals surface area contributed by atoms with Gasteiger partial charge in [0.15, 0.2) is 11.2 Å². The third kappa shape index (κ3) is 3.75. The van der Waals surface area contributed by atoms with Crippen molar-refractivity contribution in [3.05, 3.63) is 75.9 Å². The number of pyridine rings is 1. The molecule has 1 aromatic carbocycles. The summed E-state index contributed by atoms with van der Waals surface area (Å²) in [6, 6.07) is 10.4. The van der Waals surface area contributed by atoms with Crippen LogP contribution in [0.2, 0.25) is 0 Å². The van der Waals surface area contributed by atoms with Gasteiger partial charge >= 0.3 is 0 Å². The second kappa shape index (κ2) is 7.32. The third-order valence-electron chi connectivity index (χ3n) is 4.87. The maximum absolute atomic E-state index is 12.7. The van der Waals surface area contributed by atoms with Gasteiger partial charge in [0.1, 0.15) is 5.58 Å². The molecule has 0 saturated carbocycles. The number of ether oxygens (including phenoxy) is 1. The fraction of sp³-hybridized carbons (Fsp3) is 0.286. The zero-order valence-corrected chi connectivity index (χ0v) is 15.0. The van der Waals surface area contributed by atoms with Crippen molar-refractivity contribution in [2.45, 2.75) is 19.4 Å². The Kier molecular flexibility index (Phi) is 4.73. The van der Waals surface area contributed by atoms with Gasteiger partial charge in [-0.15, -0.1) is 0 Å². The number of fused-ring (bicyclic) bond motifs is 1. The molecule has 0 spiro atoms. The minimum absolute atomic E-state index is 0.0210. The van der Waals surface area contributed by atoms with Gasteiger partial charge in [-0.1, -0.05) is 6.07 Å². The Labute approximate surface area is 156 Å². The summed E-state index contributed by atoms with van der Waals surface area (Å²) in [5.74, 6) is -0.218. The minimum Gasteiger partial charge on any atom is -0.451 e. The summed E-state index contributed by atoms with van der Waals surface area (Å²) in [7, 11) is 0. The Morgan fingerprint density at radius 2 is 2.00 bits per heavy atom. The second-order valence-corrected chi connectivity index (χ2v) is 6.91. The molecule has 3 aromatic rings. The van der Waals surface area contributed by atoms with E-state index in [1.54, 1.807) is 24.5 Å². The number of aryl methyl sites for hydroxylation is 1. The quantitative estimate of drug-likeness (QED) is 0.769. The van der Waals surface area contributed by atoms with Crippen molar-refractivity contribution in [1.29, 1.82) is 0 Å². The maximum atomic E-state index is 12.7. The molecule has 1 N–H and O–H groups in total. The van der Waals surface area contributed by atoms with Gasteiger partial charge in [-0.05, 0) is 48.7 Å². The highest BCUT2D eigenvalue weighted by atomic mass is 16.5. The molecule has 4 rings (SSSR count). The highest BCUT2D eigenvalue weighted by Crippen LogP contribution is 2.20. The van der Waals surface area contributed by atoms with E-state index in [-0.39, 0.29) is 23.1 Å². The smallest absolute Gasteiger partial charge is 0.287 e. The van der Waals surface area contributed by atoms with Crippen LogP contribution in [0.25, 0.3) is 11.0 Å². The molecule has 0 unspecified atom stereocenters. The Morgan fingerprint density at radius 3 is 2.81 bits per heavy atom. The SMILES string of the molecule is Cc1ccc2c(=O)cc(C(=O)N[C@H]3COC[C@H]3Cc3ccncc3)oc2c1. The van der Waals surface area contributed by atoms with Gasteiger partial charge in [-0.3, -0.25) is 14.6 Å². The summed E-state index contributed by atoms with van der Waals surface area (Å²) < 4.78 is 11.3. The topological polar surface area (TPSA) is 81.4 Å². The monoisotopic (exact) mass is 364 g/mol. The number of rotatable bonds is 4. The number of carbonyl (C=O) groups excluding carboxylic acids is 1. The first-order valence-corrected chi connectivity index (χ1v) is 8.92. The predicted octanol–water partition coefficient (Wildman–Crippen LogP) is 2.48. The van der Waals surface area contributed by atoms with Crippen LogP contribution in [0.5, 0.6) is 0 Å². The van der Waals surface area contributed by atoms with Crippen LogP contribution in [0.3, 0.4) is 0 Å². The van der Waals surface area contributed by atoms with Crippen LogP contribution in [-0.2, 0) is 11.2 Å². The van der Waals surface area contributed by atoms with E-state index in [0.29, 0.717) is 24.2 Å². The second-order valence-electron chi connectivity index (χ2n) is 6.91. The molecule has 2 atom stereocenters. The van der Waals surface area contributed by atoms with Crippen LogP contribution in [0.4, 0.5) is 0 Å². The van der Waals surface area contributed by atoms with Crippen LogP contribution >= 0.6 is 0 Å². The van der Waals surface area contributed by atoms with Crippen LogP contribution in [0, 0.1) is 12.8 Å². The molecule has 0 radical (unpaired) electrons. The molecule has 6 heteroatoms.